The van der Waals surface area contributed by atoms with Gasteiger partial charge in [-0.05, 0) is 35.4 Å². The second-order valence-corrected chi connectivity index (χ2v) is 8.41. The lowest BCUT2D eigenvalue weighted by molar-refractivity contribution is 0.0803. The van der Waals surface area contributed by atoms with Crippen LogP contribution in [-0.4, -0.2) is 30.8 Å². The molecule has 2 unspecified atom stereocenters. The third-order valence-electron chi connectivity index (χ3n) is 5.96. The lowest BCUT2D eigenvalue weighted by Gasteiger charge is -2.18. The summed E-state index contributed by atoms with van der Waals surface area (Å²) < 4.78 is 11.7. The summed E-state index contributed by atoms with van der Waals surface area (Å²) in [5.41, 5.74) is 3.31. The molecule has 5 nitrogen and oxygen atoms in total. The van der Waals surface area contributed by atoms with E-state index in [-0.39, 0.29) is 18.6 Å². The van der Waals surface area contributed by atoms with Crippen molar-refractivity contribution in [2.24, 2.45) is 0 Å². The van der Waals surface area contributed by atoms with E-state index in [4.69, 9.17) is 21.1 Å². The number of carbonyl (C=O) groups is 1. The molecule has 0 aromatic heterocycles. The number of nitrogens with one attached hydrogen (secondary N) is 1. The molecule has 2 atom stereocenters. The van der Waals surface area contributed by atoms with Gasteiger partial charge in [0.1, 0.15) is 18.2 Å². The molecule has 2 heterocycles. The summed E-state index contributed by atoms with van der Waals surface area (Å²) in [6.07, 6.45) is -0.414. The van der Waals surface area contributed by atoms with Crippen molar-refractivity contribution in [3.8, 4) is 11.5 Å². The molecule has 2 aliphatic rings. The molecule has 1 saturated heterocycles. The van der Waals surface area contributed by atoms with Gasteiger partial charge in [-0.15, -0.1) is 0 Å². The van der Waals surface area contributed by atoms with Gasteiger partial charge in [-0.25, -0.2) is 4.79 Å². The first-order valence-corrected chi connectivity index (χ1v) is 10.8. The van der Waals surface area contributed by atoms with Crippen molar-refractivity contribution < 1.29 is 14.3 Å². The van der Waals surface area contributed by atoms with Crippen molar-refractivity contribution in [3.05, 3.63) is 94.5 Å². The Morgan fingerprint density at radius 2 is 1.68 bits per heavy atom. The van der Waals surface area contributed by atoms with Gasteiger partial charge in [0.2, 0.25) is 0 Å². The average molecular weight is 435 g/mol. The van der Waals surface area contributed by atoms with E-state index < -0.39 is 6.09 Å². The highest BCUT2D eigenvalue weighted by Crippen LogP contribution is 2.50. The third-order valence-corrected chi connectivity index (χ3v) is 6.20. The van der Waals surface area contributed by atoms with E-state index in [1.165, 1.54) is 5.56 Å². The molecule has 0 bridgehead atoms. The van der Waals surface area contributed by atoms with Crippen LogP contribution in [0.25, 0.3) is 0 Å². The summed E-state index contributed by atoms with van der Waals surface area (Å²) in [7, 11) is 0. The fraction of sp³-hybridized carbons (Fsp3) is 0.240. The van der Waals surface area contributed by atoms with Gasteiger partial charge in [-0.2, -0.15) is 0 Å². The molecule has 0 spiro atoms. The van der Waals surface area contributed by atoms with E-state index >= 15 is 0 Å². The van der Waals surface area contributed by atoms with Crippen molar-refractivity contribution in [1.82, 2.24) is 10.2 Å². The summed E-state index contributed by atoms with van der Waals surface area (Å²) in [5, 5.41) is 3.51. The predicted octanol–water partition coefficient (Wildman–Crippen LogP) is 5.51. The second-order valence-electron chi connectivity index (χ2n) is 7.97. The summed E-state index contributed by atoms with van der Waals surface area (Å²) in [5.74, 6) is 2.18. The number of ether oxygens (including phenoxy) is 2. The number of fused-ring (bicyclic) bond motifs is 5. The molecule has 2 aliphatic heterocycles. The van der Waals surface area contributed by atoms with Gasteiger partial charge in [0, 0.05) is 42.1 Å². The Labute approximate surface area is 186 Å². The van der Waals surface area contributed by atoms with Crippen LogP contribution in [0, 0.1) is 0 Å². The molecule has 1 fully saturated rings. The Kier molecular flexibility index (Phi) is 5.53. The van der Waals surface area contributed by atoms with Gasteiger partial charge < -0.3 is 14.8 Å². The summed E-state index contributed by atoms with van der Waals surface area (Å²) >= 11 is 6.31. The first kappa shape index (κ1) is 19.9. The third kappa shape index (κ3) is 4.24. The van der Waals surface area contributed by atoms with E-state index in [0.29, 0.717) is 11.6 Å². The van der Waals surface area contributed by atoms with E-state index in [0.717, 1.165) is 35.7 Å². The van der Waals surface area contributed by atoms with Crippen LogP contribution in [-0.2, 0) is 11.3 Å². The van der Waals surface area contributed by atoms with Crippen LogP contribution in [0.2, 0.25) is 5.02 Å². The van der Waals surface area contributed by atoms with Gasteiger partial charge in [0.05, 0.1) is 0 Å². The fourth-order valence-corrected chi connectivity index (χ4v) is 4.67. The molecule has 158 valence electrons. The van der Waals surface area contributed by atoms with Gasteiger partial charge in [0.15, 0.2) is 0 Å². The number of likely N-dealkylation sites (tertiary alicyclic amines) is 1. The number of alkyl carbamates (subject to hydrolysis) is 1. The molecule has 0 aliphatic carbocycles. The number of para-hydroxylation sites is 1. The highest BCUT2D eigenvalue weighted by atomic mass is 35.5. The first-order valence-electron chi connectivity index (χ1n) is 10.4. The summed E-state index contributed by atoms with van der Waals surface area (Å²) in [6.45, 7) is 2.23. The van der Waals surface area contributed by atoms with Crippen LogP contribution >= 0.6 is 11.6 Å². The molecule has 1 N–H and O–H groups in total. The fourth-order valence-electron chi connectivity index (χ4n) is 4.49. The maximum Gasteiger partial charge on any atom is 0.408 e. The Morgan fingerprint density at radius 1 is 0.968 bits per heavy atom. The Morgan fingerprint density at radius 3 is 2.52 bits per heavy atom. The molecule has 0 saturated carbocycles. The lowest BCUT2D eigenvalue weighted by Crippen LogP contribution is -2.31. The molecule has 0 radical (unpaired) electrons. The highest BCUT2D eigenvalue weighted by Gasteiger charge is 2.40. The molecule has 3 aromatic rings. The first-order chi connectivity index (χ1) is 15.2. The lowest BCUT2D eigenvalue weighted by atomic mass is 9.84. The normalized spacial score (nSPS) is 19.4. The maximum atomic E-state index is 12.2. The molecule has 3 aromatic carbocycles. The topological polar surface area (TPSA) is 50.8 Å². The molecule has 5 rings (SSSR count). The maximum absolute atomic E-state index is 12.2. The van der Waals surface area contributed by atoms with Crippen LogP contribution in [0.1, 0.15) is 28.5 Å². The van der Waals surface area contributed by atoms with Crippen molar-refractivity contribution in [3.63, 3.8) is 0 Å². The van der Waals surface area contributed by atoms with Gasteiger partial charge in [-0.1, -0.05) is 60.1 Å². The minimum absolute atomic E-state index is 0.216. The number of benzene rings is 3. The summed E-state index contributed by atoms with van der Waals surface area (Å²) in [6, 6.07) is 23.7. The van der Waals surface area contributed by atoms with E-state index in [1.54, 1.807) is 0 Å². The second kappa shape index (κ2) is 8.61. The van der Waals surface area contributed by atoms with Crippen LogP contribution < -0.4 is 10.1 Å². The van der Waals surface area contributed by atoms with E-state index in [9.17, 15) is 4.79 Å². The number of nitrogens with zero attached hydrogens (tertiary/aromatic N) is 1. The average Bonchev–Trinajstić information content (AvgIpc) is 3.17. The Hall–Kier alpha value is -3.02. The Balaban J connectivity index is 1.28. The van der Waals surface area contributed by atoms with Crippen LogP contribution in [0.3, 0.4) is 0 Å². The van der Waals surface area contributed by atoms with E-state index in [2.05, 4.69) is 16.3 Å². The van der Waals surface area contributed by atoms with Crippen molar-refractivity contribution in [2.45, 2.75) is 18.4 Å². The molecule has 1 amide bonds. The smallest absolute Gasteiger partial charge is 0.408 e. The number of carbonyl (C=O) groups excluding carboxylic acids is 1. The highest BCUT2D eigenvalue weighted by molar-refractivity contribution is 6.30. The zero-order valence-electron chi connectivity index (χ0n) is 17.0. The van der Waals surface area contributed by atoms with Gasteiger partial charge in [0.25, 0.3) is 0 Å². The zero-order chi connectivity index (χ0) is 21.2. The van der Waals surface area contributed by atoms with Crippen LogP contribution in [0.4, 0.5) is 4.79 Å². The van der Waals surface area contributed by atoms with Gasteiger partial charge >= 0.3 is 6.09 Å². The largest absolute Gasteiger partial charge is 0.457 e. The molecule has 31 heavy (non-hydrogen) atoms. The number of hydrogen-bond acceptors (Lipinski definition) is 4. The monoisotopic (exact) mass is 434 g/mol. The van der Waals surface area contributed by atoms with Crippen LogP contribution in [0.15, 0.2) is 72.8 Å². The van der Waals surface area contributed by atoms with Crippen molar-refractivity contribution >= 4 is 17.7 Å². The quantitative estimate of drug-likeness (QED) is 0.588. The minimum atomic E-state index is -0.414. The SMILES string of the molecule is O=C(NCc1ccccc1)OCN1CC2c3ccccc3Oc3ccc(Cl)cc3C2C1. The van der Waals surface area contributed by atoms with E-state index in [1.807, 2.05) is 66.7 Å². The number of amides is 1. The van der Waals surface area contributed by atoms with Crippen LogP contribution in [0.5, 0.6) is 11.5 Å². The zero-order valence-corrected chi connectivity index (χ0v) is 17.7. The molecule has 6 heteroatoms. The van der Waals surface area contributed by atoms with Crippen molar-refractivity contribution in [2.75, 3.05) is 19.8 Å². The minimum Gasteiger partial charge on any atom is -0.457 e. The standard InChI is InChI=1S/C25H23ClN2O3/c26-18-10-11-24-20(12-18)22-15-28(14-21(22)19-8-4-5-9-23(19)31-24)16-30-25(29)27-13-17-6-2-1-3-7-17/h1-12,21-22H,13-16H2,(H,27,29). The number of rotatable bonds is 4. The van der Waals surface area contributed by atoms with Gasteiger partial charge in [-0.3, -0.25) is 4.90 Å². The number of halogens is 1. The van der Waals surface area contributed by atoms with Crippen molar-refractivity contribution in [1.29, 1.82) is 0 Å². The Bertz CT molecular complexity index is 1090. The molecular formula is C25H23ClN2O3. The predicted molar refractivity (Wildman–Crippen MR) is 120 cm³/mol. The summed E-state index contributed by atoms with van der Waals surface area (Å²) in [4.78, 5) is 14.4. The molecular weight excluding hydrogens is 412 g/mol. The number of hydrogen-bond donors (Lipinski definition) is 1.